The van der Waals surface area contributed by atoms with Crippen molar-refractivity contribution in [2.24, 2.45) is 0 Å². The number of aromatic nitrogens is 3. The van der Waals surface area contributed by atoms with Crippen molar-refractivity contribution in [2.75, 3.05) is 0 Å². The van der Waals surface area contributed by atoms with Gasteiger partial charge in [-0.2, -0.15) is 5.10 Å². The number of fused-ring (bicyclic) bond motifs is 1. The van der Waals surface area contributed by atoms with E-state index in [1.54, 1.807) is 13.8 Å². The van der Waals surface area contributed by atoms with Gasteiger partial charge in [0.1, 0.15) is 11.6 Å². The van der Waals surface area contributed by atoms with Crippen LogP contribution in [0.2, 0.25) is 0 Å². The van der Waals surface area contributed by atoms with E-state index in [0.29, 0.717) is 22.4 Å². The summed E-state index contributed by atoms with van der Waals surface area (Å²) in [7, 11) is 0. The number of halogens is 1. The Bertz CT molecular complexity index is 883. The lowest BCUT2D eigenvalue weighted by Crippen LogP contribution is -2.27. The van der Waals surface area contributed by atoms with Gasteiger partial charge in [-0.05, 0) is 31.5 Å². The maximum absolute atomic E-state index is 12.9. The van der Waals surface area contributed by atoms with Gasteiger partial charge >= 0.3 is 0 Å². The molecule has 7 heteroatoms. The number of hydrogen-bond acceptors (Lipinski definition) is 5. The highest BCUT2D eigenvalue weighted by Gasteiger charge is 2.17. The van der Waals surface area contributed by atoms with Crippen molar-refractivity contribution in [3.63, 3.8) is 0 Å². The summed E-state index contributed by atoms with van der Waals surface area (Å²) in [5.74, 6) is 0.143. The van der Waals surface area contributed by atoms with Gasteiger partial charge in [0.05, 0.1) is 23.7 Å². The molecular weight excluding hydrogens is 289 g/mol. The van der Waals surface area contributed by atoms with Crippen LogP contribution in [0.1, 0.15) is 23.1 Å². The molecule has 1 N–H and O–H groups in total. The molecule has 0 bridgehead atoms. The highest BCUT2D eigenvalue weighted by molar-refractivity contribution is 5.81. The summed E-state index contributed by atoms with van der Waals surface area (Å²) in [6, 6.07) is 5.45. The van der Waals surface area contributed by atoms with Crippen LogP contribution in [0, 0.1) is 19.7 Å². The van der Waals surface area contributed by atoms with Crippen LogP contribution in [0.15, 0.2) is 33.6 Å². The van der Waals surface area contributed by atoms with Crippen LogP contribution in [-0.2, 0) is 6.54 Å². The standard InChI is InChI=1S/C15H14FN3O3/c1-8-13-9(2)22-18-14(13)15(21)19(17-8)7-12(20)10-3-5-11(16)6-4-10/h3-6,12,20H,7H2,1-2H3/t12-/m1/s1. The molecule has 2 aromatic heterocycles. The van der Waals surface area contributed by atoms with Crippen molar-refractivity contribution in [2.45, 2.75) is 26.5 Å². The van der Waals surface area contributed by atoms with E-state index in [-0.39, 0.29) is 17.9 Å². The number of aliphatic hydroxyl groups is 1. The van der Waals surface area contributed by atoms with Gasteiger partial charge in [-0.3, -0.25) is 4.79 Å². The topological polar surface area (TPSA) is 81.1 Å². The summed E-state index contributed by atoms with van der Waals surface area (Å²) >= 11 is 0. The van der Waals surface area contributed by atoms with Crippen LogP contribution in [-0.4, -0.2) is 20.0 Å². The quantitative estimate of drug-likeness (QED) is 0.799. The van der Waals surface area contributed by atoms with Crippen molar-refractivity contribution in [1.82, 2.24) is 14.9 Å². The molecule has 0 saturated carbocycles. The average molecular weight is 303 g/mol. The lowest BCUT2D eigenvalue weighted by atomic mass is 10.1. The Labute approximate surface area is 124 Å². The largest absolute Gasteiger partial charge is 0.386 e. The number of benzene rings is 1. The fraction of sp³-hybridized carbons (Fsp3) is 0.267. The number of rotatable bonds is 3. The number of nitrogens with zero attached hydrogens (tertiary/aromatic N) is 3. The minimum atomic E-state index is -0.976. The molecule has 0 aliphatic rings. The molecule has 3 rings (SSSR count). The van der Waals surface area contributed by atoms with E-state index in [0.717, 1.165) is 4.68 Å². The molecule has 0 radical (unpaired) electrons. The van der Waals surface area contributed by atoms with Crippen molar-refractivity contribution in [1.29, 1.82) is 0 Å². The second-order valence-corrected chi connectivity index (χ2v) is 5.10. The van der Waals surface area contributed by atoms with Gasteiger partial charge in [0.2, 0.25) is 0 Å². The van der Waals surface area contributed by atoms with Gasteiger partial charge in [0.15, 0.2) is 5.52 Å². The van der Waals surface area contributed by atoms with Gasteiger partial charge in [-0.15, -0.1) is 0 Å². The van der Waals surface area contributed by atoms with Crippen LogP contribution in [0.4, 0.5) is 4.39 Å². The third kappa shape index (κ3) is 2.39. The normalized spacial score (nSPS) is 12.7. The van der Waals surface area contributed by atoms with Gasteiger partial charge < -0.3 is 9.63 Å². The molecule has 1 atom stereocenters. The van der Waals surface area contributed by atoms with Crippen molar-refractivity contribution in [3.05, 3.63) is 57.5 Å². The lowest BCUT2D eigenvalue weighted by Gasteiger charge is -2.12. The summed E-state index contributed by atoms with van der Waals surface area (Å²) in [5.41, 5.74) is 0.860. The van der Waals surface area contributed by atoms with Crippen molar-refractivity contribution in [3.8, 4) is 0 Å². The third-order valence-corrected chi connectivity index (χ3v) is 3.53. The summed E-state index contributed by atoms with van der Waals surface area (Å²) in [6.45, 7) is 3.40. The van der Waals surface area contributed by atoms with E-state index < -0.39 is 11.7 Å². The first kappa shape index (κ1) is 14.4. The molecule has 6 nitrogen and oxygen atoms in total. The average Bonchev–Trinajstić information content (AvgIpc) is 2.88. The minimum Gasteiger partial charge on any atom is -0.386 e. The van der Waals surface area contributed by atoms with E-state index in [1.165, 1.54) is 24.3 Å². The maximum Gasteiger partial charge on any atom is 0.296 e. The molecular formula is C15H14FN3O3. The van der Waals surface area contributed by atoms with Gasteiger partial charge in [-0.1, -0.05) is 17.3 Å². The van der Waals surface area contributed by atoms with E-state index in [9.17, 15) is 14.3 Å². The van der Waals surface area contributed by atoms with Crippen LogP contribution in [0.5, 0.6) is 0 Å². The first-order valence-corrected chi connectivity index (χ1v) is 6.74. The zero-order chi connectivity index (χ0) is 15.9. The fourth-order valence-corrected chi connectivity index (χ4v) is 2.42. The number of hydrogen-bond donors (Lipinski definition) is 1. The Balaban J connectivity index is 1.99. The molecule has 0 fully saturated rings. The molecule has 0 amide bonds. The monoisotopic (exact) mass is 303 g/mol. The molecule has 3 aromatic rings. The Morgan fingerprint density at radius 2 is 2.00 bits per heavy atom. The van der Waals surface area contributed by atoms with Crippen LogP contribution < -0.4 is 5.56 Å². The Morgan fingerprint density at radius 3 is 2.68 bits per heavy atom. The van der Waals surface area contributed by atoms with Crippen LogP contribution >= 0.6 is 0 Å². The molecule has 114 valence electrons. The minimum absolute atomic E-state index is 0.0485. The number of aryl methyl sites for hydroxylation is 2. The van der Waals surface area contributed by atoms with Gasteiger partial charge in [0.25, 0.3) is 5.56 Å². The summed E-state index contributed by atoms with van der Waals surface area (Å²) in [6.07, 6.45) is -0.976. The van der Waals surface area contributed by atoms with Crippen molar-refractivity contribution >= 4 is 10.9 Å². The Hall–Kier alpha value is -2.54. The SMILES string of the molecule is Cc1nn(C[C@@H](O)c2ccc(F)cc2)c(=O)c2noc(C)c12. The Kier molecular flexibility index (Phi) is 3.50. The van der Waals surface area contributed by atoms with Crippen LogP contribution in [0.3, 0.4) is 0 Å². The molecule has 0 aliphatic carbocycles. The molecule has 0 saturated heterocycles. The van der Waals surface area contributed by atoms with Crippen molar-refractivity contribution < 1.29 is 14.0 Å². The zero-order valence-corrected chi connectivity index (χ0v) is 12.1. The third-order valence-electron chi connectivity index (χ3n) is 3.53. The van der Waals surface area contributed by atoms with E-state index in [2.05, 4.69) is 10.3 Å². The summed E-state index contributed by atoms with van der Waals surface area (Å²) in [4.78, 5) is 12.3. The summed E-state index contributed by atoms with van der Waals surface area (Å²) in [5, 5.41) is 18.7. The zero-order valence-electron chi connectivity index (χ0n) is 12.1. The second-order valence-electron chi connectivity index (χ2n) is 5.10. The molecule has 0 aliphatic heterocycles. The molecule has 0 unspecified atom stereocenters. The predicted molar refractivity (Wildman–Crippen MR) is 76.9 cm³/mol. The first-order chi connectivity index (χ1) is 10.5. The van der Waals surface area contributed by atoms with Gasteiger partial charge in [0, 0.05) is 0 Å². The Morgan fingerprint density at radius 1 is 1.32 bits per heavy atom. The van der Waals surface area contributed by atoms with Gasteiger partial charge in [-0.25, -0.2) is 9.07 Å². The maximum atomic E-state index is 12.9. The van der Waals surface area contributed by atoms with E-state index >= 15 is 0 Å². The van der Waals surface area contributed by atoms with E-state index in [4.69, 9.17) is 4.52 Å². The lowest BCUT2D eigenvalue weighted by molar-refractivity contribution is 0.149. The van der Waals surface area contributed by atoms with Crippen LogP contribution in [0.25, 0.3) is 10.9 Å². The molecule has 2 heterocycles. The highest BCUT2D eigenvalue weighted by Crippen LogP contribution is 2.18. The smallest absolute Gasteiger partial charge is 0.296 e. The second kappa shape index (κ2) is 5.34. The molecule has 1 aromatic carbocycles. The number of aliphatic hydroxyl groups excluding tert-OH is 1. The first-order valence-electron chi connectivity index (χ1n) is 6.74. The highest BCUT2D eigenvalue weighted by atomic mass is 19.1. The molecule has 22 heavy (non-hydrogen) atoms. The van der Waals surface area contributed by atoms with E-state index in [1.807, 2.05) is 0 Å². The molecule has 0 spiro atoms. The summed E-state index contributed by atoms with van der Waals surface area (Å²) < 4.78 is 19.1. The predicted octanol–water partition coefficient (Wildman–Crippen LogP) is 1.87. The fourth-order valence-electron chi connectivity index (χ4n) is 2.42.